The number of hydrogen-bond acceptors (Lipinski definition) is 5. The summed E-state index contributed by atoms with van der Waals surface area (Å²) in [4.78, 5) is 8.58. The van der Waals surface area contributed by atoms with Crippen LogP contribution in [0, 0.1) is 13.8 Å². The maximum atomic E-state index is 4.29. The van der Waals surface area contributed by atoms with Crippen LogP contribution in [0.3, 0.4) is 0 Å². The molecular formula is C22H24N8ORu+2. The summed E-state index contributed by atoms with van der Waals surface area (Å²) in [6.07, 6.45) is 14.3. The molecule has 0 amide bonds. The Morgan fingerprint density at radius 2 is 1.00 bits per heavy atom. The van der Waals surface area contributed by atoms with E-state index in [1.165, 1.54) is 11.1 Å². The van der Waals surface area contributed by atoms with Crippen molar-refractivity contribution in [3.8, 4) is 11.4 Å². The minimum atomic E-state index is -0.194. The van der Waals surface area contributed by atoms with E-state index in [2.05, 4.69) is 39.1 Å². The van der Waals surface area contributed by atoms with Crippen LogP contribution >= 0.6 is 0 Å². The van der Waals surface area contributed by atoms with Crippen molar-refractivity contribution in [2.45, 2.75) is 20.1 Å². The second-order valence-corrected chi connectivity index (χ2v) is 6.74. The van der Waals surface area contributed by atoms with E-state index in [9.17, 15) is 0 Å². The molecule has 0 aliphatic rings. The van der Waals surface area contributed by atoms with Crippen molar-refractivity contribution < 1.29 is 25.0 Å². The van der Waals surface area contributed by atoms with Gasteiger partial charge in [0.05, 0.1) is 11.4 Å². The van der Waals surface area contributed by atoms with E-state index in [4.69, 9.17) is 0 Å². The number of aryl methyl sites for hydroxylation is 2. The predicted octanol–water partition coefficient (Wildman–Crippen LogP) is 2.76. The Bertz CT molecular complexity index is 1050. The molecule has 0 fully saturated rings. The molecule has 10 heteroatoms. The molecule has 2 N–H and O–H groups in total. The molecule has 0 unspecified atom stereocenters. The van der Waals surface area contributed by atoms with Crippen LogP contribution in [0.5, 0.6) is 0 Å². The first kappa shape index (κ1) is 24.8. The van der Waals surface area contributed by atoms with Gasteiger partial charge in [0, 0.05) is 49.6 Å². The number of nitrogens with zero attached hydrogens (tertiary/aromatic N) is 8. The largest absolute Gasteiger partial charge is 2.00 e. The molecule has 9 nitrogen and oxygen atoms in total. The summed E-state index contributed by atoms with van der Waals surface area (Å²) in [5, 5.41) is 12.7. The smallest absolute Gasteiger partial charge is 0.412 e. The van der Waals surface area contributed by atoms with Crippen molar-refractivity contribution in [3.05, 3.63) is 103 Å². The van der Waals surface area contributed by atoms with Gasteiger partial charge in [0.15, 0.2) is 0 Å². The molecule has 0 spiro atoms. The first-order chi connectivity index (χ1) is 14.7. The predicted molar refractivity (Wildman–Crippen MR) is 117 cm³/mol. The SMILES string of the molecule is Cc1ccnc(-c2cc(C)ccn2)c1.O.[Ru+2].c1cnn(C(n2cccn2)n2cccn2)c1. The minimum absolute atomic E-state index is 0. The van der Waals surface area contributed by atoms with Crippen molar-refractivity contribution in [2.24, 2.45) is 0 Å². The fourth-order valence-electron chi connectivity index (χ4n) is 2.97. The van der Waals surface area contributed by atoms with Crippen LogP contribution in [0.4, 0.5) is 0 Å². The van der Waals surface area contributed by atoms with E-state index in [1.54, 1.807) is 32.6 Å². The number of pyridine rings is 2. The summed E-state index contributed by atoms with van der Waals surface area (Å²) >= 11 is 0. The maximum Gasteiger partial charge on any atom is 2.00 e. The molecular weight excluding hydrogens is 493 g/mol. The van der Waals surface area contributed by atoms with Crippen LogP contribution in [0.25, 0.3) is 11.4 Å². The zero-order valence-electron chi connectivity index (χ0n) is 17.7. The summed E-state index contributed by atoms with van der Waals surface area (Å²) in [5.74, 6) is 0. The van der Waals surface area contributed by atoms with Gasteiger partial charge in [-0.15, -0.1) is 0 Å². The van der Waals surface area contributed by atoms with Crippen molar-refractivity contribution >= 4 is 0 Å². The Morgan fingerprint density at radius 1 is 0.625 bits per heavy atom. The van der Waals surface area contributed by atoms with Gasteiger partial charge in [0.2, 0.25) is 6.29 Å². The van der Waals surface area contributed by atoms with Crippen LogP contribution in [0.2, 0.25) is 0 Å². The van der Waals surface area contributed by atoms with Gasteiger partial charge in [0.1, 0.15) is 0 Å². The van der Waals surface area contributed by atoms with Gasteiger partial charge in [-0.05, 0) is 67.4 Å². The molecule has 5 aromatic heterocycles. The van der Waals surface area contributed by atoms with E-state index in [0.717, 1.165) is 11.4 Å². The molecule has 0 saturated heterocycles. The topological polar surface area (TPSA) is 111 Å². The fourth-order valence-corrected chi connectivity index (χ4v) is 2.97. The Kier molecular flexibility index (Phi) is 9.12. The third kappa shape index (κ3) is 6.03. The standard InChI is InChI=1S/C12H12N2.C10H10N6.H2O.Ru/c1-9-3-5-13-11(7-9)12-8-10(2)4-6-14-12;1-4-11-14(7-1)10(15-8-2-5-12-15)16-9-3-6-13-16;;/h3-8H,1-2H3;1-10H;1H2;/q;;;+2. The molecule has 5 aromatic rings. The molecule has 32 heavy (non-hydrogen) atoms. The van der Waals surface area contributed by atoms with Gasteiger partial charge in [-0.2, -0.15) is 15.3 Å². The van der Waals surface area contributed by atoms with Gasteiger partial charge in [-0.1, -0.05) is 0 Å². The molecule has 0 atom stereocenters. The summed E-state index contributed by atoms with van der Waals surface area (Å²) in [7, 11) is 0. The zero-order chi connectivity index (χ0) is 20.8. The van der Waals surface area contributed by atoms with Gasteiger partial charge >= 0.3 is 19.5 Å². The molecule has 164 valence electrons. The number of rotatable bonds is 4. The molecule has 0 aromatic carbocycles. The average Bonchev–Trinajstić information content (AvgIpc) is 3.54. The Morgan fingerprint density at radius 3 is 1.28 bits per heavy atom. The van der Waals surface area contributed by atoms with Gasteiger partial charge in [0.25, 0.3) is 0 Å². The molecule has 0 radical (unpaired) electrons. The van der Waals surface area contributed by atoms with Crippen molar-refractivity contribution in [3.63, 3.8) is 0 Å². The second kappa shape index (κ2) is 11.8. The quantitative estimate of drug-likeness (QED) is 0.341. The van der Waals surface area contributed by atoms with Crippen LogP contribution < -0.4 is 0 Å². The summed E-state index contributed by atoms with van der Waals surface area (Å²) in [5.41, 5.74) is 4.29. The third-order valence-electron chi connectivity index (χ3n) is 4.38. The van der Waals surface area contributed by atoms with Crippen LogP contribution in [-0.2, 0) is 19.5 Å². The summed E-state index contributed by atoms with van der Waals surface area (Å²) in [6, 6.07) is 13.7. The van der Waals surface area contributed by atoms with Crippen molar-refractivity contribution in [1.29, 1.82) is 0 Å². The molecule has 0 saturated carbocycles. The summed E-state index contributed by atoms with van der Waals surface area (Å²) in [6.45, 7) is 4.11. The summed E-state index contributed by atoms with van der Waals surface area (Å²) < 4.78 is 5.38. The zero-order valence-corrected chi connectivity index (χ0v) is 19.4. The van der Waals surface area contributed by atoms with Crippen LogP contribution in [-0.4, -0.2) is 44.8 Å². The monoisotopic (exact) mass is 518 g/mol. The average molecular weight is 518 g/mol. The van der Waals surface area contributed by atoms with Crippen molar-refractivity contribution in [2.75, 3.05) is 0 Å². The molecule has 0 bridgehead atoms. The first-order valence-electron chi connectivity index (χ1n) is 9.54. The number of aromatic nitrogens is 8. The molecule has 5 rings (SSSR count). The Balaban J connectivity index is 0.000000215. The number of hydrogen-bond donors (Lipinski definition) is 0. The van der Waals surface area contributed by atoms with Crippen LogP contribution in [0.15, 0.2) is 92.0 Å². The fraction of sp³-hybridized carbons (Fsp3) is 0.136. The Labute approximate surface area is 198 Å². The third-order valence-corrected chi connectivity index (χ3v) is 4.38. The van der Waals surface area contributed by atoms with Gasteiger partial charge in [-0.25, -0.2) is 14.0 Å². The Hall–Kier alpha value is -3.49. The normalized spacial score (nSPS) is 9.97. The molecule has 5 heterocycles. The van der Waals surface area contributed by atoms with E-state index in [0.29, 0.717) is 0 Å². The minimum Gasteiger partial charge on any atom is -0.412 e. The first-order valence-corrected chi connectivity index (χ1v) is 9.54. The van der Waals surface area contributed by atoms with E-state index in [-0.39, 0.29) is 31.2 Å². The van der Waals surface area contributed by atoms with Gasteiger partial charge in [-0.3, -0.25) is 9.97 Å². The van der Waals surface area contributed by atoms with Crippen molar-refractivity contribution in [1.82, 2.24) is 39.3 Å². The van der Waals surface area contributed by atoms with E-state index >= 15 is 0 Å². The van der Waals surface area contributed by atoms with E-state index in [1.807, 2.05) is 73.4 Å². The molecule has 0 aliphatic heterocycles. The van der Waals surface area contributed by atoms with Gasteiger partial charge < -0.3 is 5.48 Å². The second-order valence-electron chi connectivity index (χ2n) is 6.74. The van der Waals surface area contributed by atoms with E-state index < -0.39 is 0 Å². The maximum absolute atomic E-state index is 4.29. The van der Waals surface area contributed by atoms with Crippen LogP contribution in [0.1, 0.15) is 17.4 Å². The molecule has 0 aliphatic carbocycles.